The number of nitrogens with one attached hydrogen (secondary N) is 1. The standard InChI is InChI=1S/C19H20Cl2N2O4/c1-2-3-4-5-10-27-18-9-6-13(20)11-15(18)19(24)22-17-8-7-14(23(25)26)12-16(17)21/h6-9,11-12H,2-5,10H2,1H3,(H,22,24). The zero-order chi connectivity index (χ0) is 19.8. The molecule has 1 N–H and O–H groups in total. The zero-order valence-electron chi connectivity index (χ0n) is 14.8. The smallest absolute Gasteiger partial charge is 0.271 e. The van der Waals surface area contributed by atoms with Gasteiger partial charge in [0.1, 0.15) is 5.75 Å². The van der Waals surface area contributed by atoms with Crippen LogP contribution < -0.4 is 10.1 Å². The summed E-state index contributed by atoms with van der Waals surface area (Å²) < 4.78 is 5.74. The van der Waals surface area contributed by atoms with Crippen molar-refractivity contribution < 1.29 is 14.5 Å². The maximum absolute atomic E-state index is 12.7. The summed E-state index contributed by atoms with van der Waals surface area (Å²) in [5.41, 5.74) is 0.380. The largest absolute Gasteiger partial charge is 0.493 e. The first-order chi connectivity index (χ1) is 12.9. The van der Waals surface area contributed by atoms with E-state index in [9.17, 15) is 14.9 Å². The predicted octanol–water partition coefficient (Wildman–Crippen LogP) is 6.11. The van der Waals surface area contributed by atoms with Crippen molar-refractivity contribution in [3.63, 3.8) is 0 Å². The Labute approximate surface area is 167 Å². The van der Waals surface area contributed by atoms with E-state index < -0.39 is 10.8 Å². The van der Waals surface area contributed by atoms with Gasteiger partial charge in [-0.25, -0.2) is 0 Å². The number of halogens is 2. The van der Waals surface area contributed by atoms with Crippen molar-refractivity contribution in [2.24, 2.45) is 0 Å². The maximum Gasteiger partial charge on any atom is 0.271 e. The van der Waals surface area contributed by atoms with E-state index >= 15 is 0 Å². The molecule has 27 heavy (non-hydrogen) atoms. The van der Waals surface area contributed by atoms with Crippen LogP contribution in [0.3, 0.4) is 0 Å². The van der Waals surface area contributed by atoms with Crippen molar-refractivity contribution in [2.45, 2.75) is 32.6 Å². The molecule has 0 bridgehead atoms. The molecule has 0 saturated heterocycles. The Balaban J connectivity index is 2.13. The average molecular weight is 411 g/mol. The molecule has 0 fully saturated rings. The van der Waals surface area contributed by atoms with E-state index in [-0.39, 0.29) is 22.0 Å². The fourth-order valence-electron chi connectivity index (χ4n) is 2.43. The molecule has 2 rings (SSSR count). The number of rotatable bonds is 9. The van der Waals surface area contributed by atoms with E-state index in [1.165, 1.54) is 24.3 Å². The topological polar surface area (TPSA) is 81.5 Å². The zero-order valence-corrected chi connectivity index (χ0v) is 16.3. The van der Waals surface area contributed by atoms with E-state index in [1.807, 2.05) is 0 Å². The van der Waals surface area contributed by atoms with Gasteiger partial charge in [0, 0.05) is 17.2 Å². The van der Waals surface area contributed by atoms with Crippen LogP contribution in [-0.4, -0.2) is 17.4 Å². The molecule has 2 aromatic rings. The third-order valence-electron chi connectivity index (χ3n) is 3.85. The molecule has 0 spiro atoms. The van der Waals surface area contributed by atoms with Crippen LogP contribution in [0.1, 0.15) is 43.0 Å². The summed E-state index contributed by atoms with van der Waals surface area (Å²) in [6.07, 6.45) is 4.22. The molecule has 144 valence electrons. The molecule has 2 aromatic carbocycles. The van der Waals surface area contributed by atoms with Crippen LogP contribution in [0.25, 0.3) is 0 Å². The van der Waals surface area contributed by atoms with Crippen molar-refractivity contribution >= 4 is 40.5 Å². The van der Waals surface area contributed by atoms with Gasteiger partial charge < -0.3 is 10.1 Å². The van der Waals surface area contributed by atoms with Crippen molar-refractivity contribution in [3.8, 4) is 5.75 Å². The van der Waals surface area contributed by atoms with Crippen molar-refractivity contribution in [1.82, 2.24) is 0 Å². The summed E-state index contributed by atoms with van der Waals surface area (Å²) >= 11 is 12.0. The van der Waals surface area contributed by atoms with E-state index in [1.54, 1.807) is 12.1 Å². The van der Waals surface area contributed by atoms with Gasteiger partial charge in [-0.15, -0.1) is 0 Å². The summed E-state index contributed by atoms with van der Waals surface area (Å²) in [5.74, 6) is -0.0387. The predicted molar refractivity (Wildman–Crippen MR) is 107 cm³/mol. The van der Waals surface area contributed by atoms with Gasteiger partial charge in [-0.3, -0.25) is 14.9 Å². The lowest BCUT2D eigenvalue weighted by molar-refractivity contribution is -0.384. The third-order valence-corrected chi connectivity index (χ3v) is 4.40. The summed E-state index contributed by atoms with van der Waals surface area (Å²) in [4.78, 5) is 22.9. The average Bonchev–Trinajstić information content (AvgIpc) is 2.64. The van der Waals surface area contributed by atoms with Crippen LogP contribution in [-0.2, 0) is 0 Å². The SMILES string of the molecule is CCCCCCOc1ccc(Cl)cc1C(=O)Nc1ccc([N+](=O)[O-])cc1Cl. The minimum atomic E-state index is -0.557. The highest BCUT2D eigenvalue weighted by Crippen LogP contribution is 2.29. The van der Waals surface area contributed by atoms with Gasteiger partial charge in [-0.2, -0.15) is 0 Å². The van der Waals surface area contributed by atoms with E-state index in [0.717, 1.165) is 25.7 Å². The molecule has 0 aliphatic rings. The monoisotopic (exact) mass is 410 g/mol. The van der Waals surface area contributed by atoms with Crippen LogP contribution in [0.2, 0.25) is 10.0 Å². The third kappa shape index (κ3) is 6.12. The molecule has 0 aliphatic heterocycles. The summed E-state index contributed by atoms with van der Waals surface area (Å²) in [6, 6.07) is 8.64. The van der Waals surface area contributed by atoms with Crippen molar-refractivity contribution in [3.05, 3.63) is 62.1 Å². The Morgan fingerprint density at radius 3 is 2.59 bits per heavy atom. The van der Waals surface area contributed by atoms with Crippen LogP contribution in [0.5, 0.6) is 5.75 Å². The highest BCUT2D eigenvalue weighted by atomic mass is 35.5. The van der Waals surface area contributed by atoms with E-state index in [2.05, 4.69) is 12.2 Å². The maximum atomic E-state index is 12.7. The number of carbonyl (C=O) groups excluding carboxylic acids is 1. The van der Waals surface area contributed by atoms with Gasteiger partial charge in [0.15, 0.2) is 0 Å². The van der Waals surface area contributed by atoms with Crippen LogP contribution in [0.4, 0.5) is 11.4 Å². The fraction of sp³-hybridized carbons (Fsp3) is 0.316. The Hall–Kier alpha value is -2.31. The first-order valence-electron chi connectivity index (χ1n) is 8.60. The first kappa shape index (κ1) is 21.0. The number of ether oxygens (including phenoxy) is 1. The number of nitro benzene ring substituents is 1. The van der Waals surface area contributed by atoms with E-state index in [4.69, 9.17) is 27.9 Å². The van der Waals surface area contributed by atoms with Crippen LogP contribution in [0, 0.1) is 10.1 Å². The minimum absolute atomic E-state index is 0.0709. The molecule has 0 aromatic heterocycles. The van der Waals surface area contributed by atoms with Crippen molar-refractivity contribution in [2.75, 3.05) is 11.9 Å². The van der Waals surface area contributed by atoms with Crippen LogP contribution >= 0.6 is 23.2 Å². The van der Waals surface area contributed by atoms with E-state index in [0.29, 0.717) is 17.4 Å². The number of anilines is 1. The molecule has 0 heterocycles. The molecule has 8 heteroatoms. The number of amides is 1. The lowest BCUT2D eigenvalue weighted by Crippen LogP contribution is -2.14. The molecule has 0 unspecified atom stereocenters. The Morgan fingerprint density at radius 1 is 1.15 bits per heavy atom. The minimum Gasteiger partial charge on any atom is -0.493 e. The van der Waals surface area contributed by atoms with Gasteiger partial charge in [-0.1, -0.05) is 49.4 Å². The number of carbonyl (C=O) groups is 1. The number of benzene rings is 2. The van der Waals surface area contributed by atoms with Gasteiger partial charge in [0.2, 0.25) is 0 Å². The second-order valence-electron chi connectivity index (χ2n) is 5.92. The number of hydrogen-bond acceptors (Lipinski definition) is 4. The molecular weight excluding hydrogens is 391 g/mol. The molecule has 6 nitrogen and oxygen atoms in total. The number of nitro groups is 1. The number of unbranched alkanes of at least 4 members (excludes halogenated alkanes) is 3. The Morgan fingerprint density at radius 2 is 1.93 bits per heavy atom. The lowest BCUT2D eigenvalue weighted by atomic mass is 10.1. The van der Waals surface area contributed by atoms with Gasteiger partial charge >= 0.3 is 0 Å². The summed E-state index contributed by atoms with van der Waals surface area (Å²) in [7, 11) is 0. The molecule has 0 radical (unpaired) electrons. The van der Waals surface area contributed by atoms with Gasteiger partial charge in [0.25, 0.3) is 11.6 Å². The second-order valence-corrected chi connectivity index (χ2v) is 6.77. The van der Waals surface area contributed by atoms with Gasteiger partial charge in [-0.05, 0) is 30.7 Å². The van der Waals surface area contributed by atoms with Crippen molar-refractivity contribution in [1.29, 1.82) is 0 Å². The van der Waals surface area contributed by atoms with Crippen LogP contribution in [0.15, 0.2) is 36.4 Å². The van der Waals surface area contributed by atoms with Gasteiger partial charge in [0.05, 0.1) is 27.8 Å². The molecular formula is C19H20Cl2N2O4. The molecule has 0 aliphatic carbocycles. The second kappa shape index (κ2) is 10.1. The normalized spacial score (nSPS) is 10.5. The summed E-state index contributed by atoms with van der Waals surface area (Å²) in [5, 5.41) is 13.9. The quantitative estimate of drug-likeness (QED) is 0.307. The number of nitrogens with zero attached hydrogens (tertiary/aromatic N) is 1. The summed E-state index contributed by atoms with van der Waals surface area (Å²) in [6.45, 7) is 2.63. The molecule has 0 atom stereocenters. The Bertz CT molecular complexity index is 827. The number of non-ortho nitro benzene ring substituents is 1. The first-order valence-corrected chi connectivity index (χ1v) is 9.35. The lowest BCUT2D eigenvalue weighted by Gasteiger charge is -2.13. The highest BCUT2D eigenvalue weighted by Gasteiger charge is 2.16. The molecule has 0 saturated carbocycles. The fourth-order valence-corrected chi connectivity index (χ4v) is 2.82. The highest BCUT2D eigenvalue weighted by molar-refractivity contribution is 6.34. The molecule has 1 amide bonds. The number of hydrogen-bond donors (Lipinski definition) is 1. The Kier molecular flexibility index (Phi) is 7.88.